The molecule has 0 bridgehead atoms. The number of hydrogen-bond donors (Lipinski definition) is 3. The second-order valence-corrected chi connectivity index (χ2v) is 4.66. The number of carbonyl (C=O) groups excluding carboxylic acids is 1. The highest BCUT2D eigenvalue weighted by atomic mass is 16.5. The van der Waals surface area contributed by atoms with E-state index in [0.717, 1.165) is 24.7 Å². The molecule has 0 atom stereocenters. The summed E-state index contributed by atoms with van der Waals surface area (Å²) in [7, 11) is 0. The highest BCUT2D eigenvalue weighted by Crippen LogP contribution is 2.01. The van der Waals surface area contributed by atoms with Crippen LogP contribution in [0.4, 0.5) is 0 Å². The van der Waals surface area contributed by atoms with Crippen LogP contribution in [0.25, 0.3) is 0 Å². The third-order valence-corrected chi connectivity index (χ3v) is 2.68. The lowest BCUT2D eigenvalue weighted by Gasteiger charge is -2.11. The van der Waals surface area contributed by atoms with Crippen LogP contribution in [0.1, 0.15) is 26.0 Å². The van der Waals surface area contributed by atoms with Crippen LogP contribution in [0.3, 0.4) is 0 Å². The van der Waals surface area contributed by atoms with E-state index in [4.69, 9.17) is 9.15 Å². The molecule has 0 saturated heterocycles. The summed E-state index contributed by atoms with van der Waals surface area (Å²) >= 11 is 0. The summed E-state index contributed by atoms with van der Waals surface area (Å²) in [4.78, 5) is 15.2. The Bertz CT molecular complexity index is 432. The quantitative estimate of drug-likeness (QED) is 0.339. The summed E-state index contributed by atoms with van der Waals surface area (Å²) in [5, 5.41) is 9.04. The average molecular weight is 310 g/mol. The average Bonchev–Trinajstić information content (AvgIpc) is 3.00. The summed E-state index contributed by atoms with van der Waals surface area (Å²) in [6.45, 7) is 7.32. The van der Waals surface area contributed by atoms with Gasteiger partial charge in [0.05, 0.1) is 6.26 Å². The van der Waals surface area contributed by atoms with Crippen molar-refractivity contribution >= 4 is 11.9 Å². The minimum Gasteiger partial charge on any atom is -0.467 e. The van der Waals surface area contributed by atoms with E-state index in [1.165, 1.54) is 6.92 Å². The summed E-state index contributed by atoms with van der Waals surface area (Å²) in [5.74, 6) is 1.55. The first-order chi connectivity index (χ1) is 10.7. The second-order valence-electron chi connectivity index (χ2n) is 4.66. The van der Waals surface area contributed by atoms with E-state index in [9.17, 15) is 4.79 Å². The van der Waals surface area contributed by atoms with Gasteiger partial charge in [0.15, 0.2) is 5.96 Å². The summed E-state index contributed by atoms with van der Waals surface area (Å²) in [5.41, 5.74) is 0. The molecule has 1 aromatic rings. The number of guanidine groups is 1. The molecule has 0 unspecified atom stereocenters. The largest absolute Gasteiger partial charge is 0.467 e. The Labute approximate surface area is 131 Å². The first-order valence-corrected chi connectivity index (χ1v) is 7.59. The zero-order valence-corrected chi connectivity index (χ0v) is 13.4. The third kappa shape index (κ3) is 9.02. The Hall–Kier alpha value is -2.02. The Morgan fingerprint density at radius 2 is 2.14 bits per heavy atom. The van der Waals surface area contributed by atoms with Crippen molar-refractivity contribution in [1.29, 1.82) is 0 Å². The Morgan fingerprint density at radius 1 is 1.32 bits per heavy atom. The first-order valence-electron chi connectivity index (χ1n) is 7.59. The molecule has 0 spiro atoms. The van der Waals surface area contributed by atoms with Crippen molar-refractivity contribution in [2.24, 2.45) is 4.99 Å². The molecule has 3 N–H and O–H groups in total. The number of carbonyl (C=O) groups is 1. The van der Waals surface area contributed by atoms with E-state index in [1.807, 2.05) is 19.1 Å². The van der Waals surface area contributed by atoms with Crippen molar-refractivity contribution in [3.8, 4) is 0 Å². The molecule has 1 amide bonds. The molecule has 0 aliphatic heterocycles. The van der Waals surface area contributed by atoms with Gasteiger partial charge < -0.3 is 25.1 Å². The molecule has 0 saturated carbocycles. The molecular weight excluding hydrogens is 284 g/mol. The molecule has 1 rings (SSSR count). The topological polar surface area (TPSA) is 87.9 Å². The number of ether oxygens (including phenoxy) is 1. The number of furan rings is 1. The fraction of sp³-hybridized carbons (Fsp3) is 0.600. The van der Waals surface area contributed by atoms with Crippen molar-refractivity contribution in [3.05, 3.63) is 24.2 Å². The van der Waals surface area contributed by atoms with E-state index in [0.29, 0.717) is 32.8 Å². The second kappa shape index (κ2) is 11.6. The highest BCUT2D eigenvalue weighted by molar-refractivity contribution is 5.79. The predicted molar refractivity (Wildman–Crippen MR) is 85.6 cm³/mol. The van der Waals surface area contributed by atoms with Crippen LogP contribution in [0.5, 0.6) is 0 Å². The highest BCUT2D eigenvalue weighted by Gasteiger charge is 1.98. The molecule has 0 radical (unpaired) electrons. The smallest absolute Gasteiger partial charge is 0.216 e. The number of nitrogens with one attached hydrogen (secondary N) is 3. The van der Waals surface area contributed by atoms with Crippen molar-refractivity contribution in [2.75, 3.05) is 32.8 Å². The number of amides is 1. The van der Waals surface area contributed by atoms with E-state index >= 15 is 0 Å². The fourth-order valence-corrected chi connectivity index (χ4v) is 1.69. The third-order valence-electron chi connectivity index (χ3n) is 2.68. The summed E-state index contributed by atoms with van der Waals surface area (Å²) in [6.07, 6.45) is 2.47. The molecule has 1 heterocycles. The number of aliphatic imine (C=N–C) groups is 1. The van der Waals surface area contributed by atoms with Gasteiger partial charge in [0.2, 0.25) is 5.91 Å². The summed E-state index contributed by atoms with van der Waals surface area (Å²) in [6, 6.07) is 3.73. The van der Waals surface area contributed by atoms with Gasteiger partial charge in [-0.05, 0) is 25.5 Å². The minimum atomic E-state index is -0.0301. The van der Waals surface area contributed by atoms with E-state index < -0.39 is 0 Å². The minimum absolute atomic E-state index is 0.0301. The number of nitrogens with zero attached hydrogens (tertiary/aromatic N) is 1. The molecular formula is C15H26N4O3. The lowest BCUT2D eigenvalue weighted by Crippen LogP contribution is -2.41. The molecule has 22 heavy (non-hydrogen) atoms. The van der Waals surface area contributed by atoms with Gasteiger partial charge in [-0.2, -0.15) is 0 Å². The molecule has 1 aromatic heterocycles. The van der Waals surface area contributed by atoms with Crippen LogP contribution in [-0.2, 0) is 16.1 Å². The Kier molecular flexibility index (Phi) is 9.52. The molecule has 7 nitrogen and oxygen atoms in total. The maximum Gasteiger partial charge on any atom is 0.216 e. The van der Waals surface area contributed by atoms with Gasteiger partial charge in [-0.3, -0.25) is 9.79 Å². The number of rotatable bonds is 10. The molecule has 124 valence electrons. The Balaban J connectivity index is 2.11. The zero-order valence-electron chi connectivity index (χ0n) is 13.4. The van der Waals surface area contributed by atoms with Gasteiger partial charge in [0.25, 0.3) is 0 Å². The van der Waals surface area contributed by atoms with Gasteiger partial charge in [-0.1, -0.05) is 0 Å². The van der Waals surface area contributed by atoms with Crippen molar-refractivity contribution < 1.29 is 13.9 Å². The van der Waals surface area contributed by atoms with Gasteiger partial charge in [-0.25, -0.2) is 0 Å². The zero-order chi connectivity index (χ0) is 16.0. The SMILES string of the molecule is CCNC(=NCCCOCc1ccco1)NCCNC(C)=O. The van der Waals surface area contributed by atoms with Crippen LogP contribution in [0.2, 0.25) is 0 Å². The van der Waals surface area contributed by atoms with Crippen LogP contribution in [-0.4, -0.2) is 44.7 Å². The normalized spacial score (nSPS) is 11.3. The predicted octanol–water partition coefficient (Wildman–Crippen LogP) is 0.878. The molecule has 0 aliphatic carbocycles. The maximum atomic E-state index is 10.8. The van der Waals surface area contributed by atoms with Crippen molar-refractivity contribution in [2.45, 2.75) is 26.9 Å². The van der Waals surface area contributed by atoms with Crippen LogP contribution < -0.4 is 16.0 Å². The fourth-order valence-electron chi connectivity index (χ4n) is 1.69. The Morgan fingerprint density at radius 3 is 2.82 bits per heavy atom. The monoisotopic (exact) mass is 310 g/mol. The van der Waals surface area contributed by atoms with Crippen molar-refractivity contribution in [3.63, 3.8) is 0 Å². The van der Waals surface area contributed by atoms with E-state index in [2.05, 4.69) is 20.9 Å². The van der Waals surface area contributed by atoms with Gasteiger partial charge in [0, 0.05) is 39.7 Å². The van der Waals surface area contributed by atoms with E-state index in [-0.39, 0.29) is 5.91 Å². The maximum absolute atomic E-state index is 10.8. The van der Waals surface area contributed by atoms with Crippen LogP contribution >= 0.6 is 0 Å². The lowest BCUT2D eigenvalue weighted by atomic mass is 10.4. The van der Waals surface area contributed by atoms with Crippen LogP contribution in [0, 0.1) is 0 Å². The van der Waals surface area contributed by atoms with Gasteiger partial charge in [-0.15, -0.1) is 0 Å². The van der Waals surface area contributed by atoms with E-state index in [1.54, 1.807) is 6.26 Å². The van der Waals surface area contributed by atoms with Crippen LogP contribution in [0.15, 0.2) is 27.8 Å². The molecule has 0 aromatic carbocycles. The number of hydrogen-bond acceptors (Lipinski definition) is 4. The standard InChI is InChI=1S/C15H26N4O3/c1-3-16-15(19-9-8-17-13(2)20)18-7-5-10-21-12-14-6-4-11-22-14/h4,6,11H,3,5,7-10,12H2,1-2H3,(H,17,20)(H2,16,18,19). The lowest BCUT2D eigenvalue weighted by molar-refractivity contribution is -0.118. The van der Waals surface area contributed by atoms with Gasteiger partial charge in [0.1, 0.15) is 12.4 Å². The molecule has 0 fully saturated rings. The van der Waals surface area contributed by atoms with Crippen molar-refractivity contribution in [1.82, 2.24) is 16.0 Å². The molecule has 0 aliphatic rings. The summed E-state index contributed by atoms with van der Waals surface area (Å²) < 4.78 is 10.7. The molecule has 7 heteroatoms. The van der Waals surface area contributed by atoms with Gasteiger partial charge >= 0.3 is 0 Å². The first kappa shape index (κ1) is 18.0.